The molecule has 32 heavy (non-hydrogen) atoms. The van der Waals surface area contributed by atoms with Gasteiger partial charge < -0.3 is 10.3 Å². The van der Waals surface area contributed by atoms with Crippen molar-refractivity contribution in [1.29, 1.82) is 0 Å². The zero-order valence-corrected chi connectivity index (χ0v) is 19.6. The molecule has 0 atom stereocenters. The van der Waals surface area contributed by atoms with E-state index in [1.807, 2.05) is 18.2 Å². The van der Waals surface area contributed by atoms with E-state index in [0.29, 0.717) is 25.6 Å². The van der Waals surface area contributed by atoms with Gasteiger partial charge in [0.15, 0.2) is 0 Å². The average Bonchev–Trinajstić information content (AvgIpc) is 3.22. The Hall–Kier alpha value is -2.22. The Labute approximate surface area is 190 Å². The second-order valence-electron chi connectivity index (χ2n) is 8.60. The van der Waals surface area contributed by atoms with Gasteiger partial charge in [-0.05, 0) is 91.2 Å². The van der Waals surface area contributed by atoms with Gasteiger partial charge in [0.25, 0.3) is 0 Å². The van der Waals surface area contributed by atoms with E-state index < -0.39 is 10.0 Å². The molecule has 2 N–H and O–H groups in total. The van der Waals surface area contributed by atoms with Crippen LogP contribution in [0.4, 0.5) is 4.39 Å². The number of hydrogen-bond donors (Lipinski definition) is 2. The van der Waals surface area contributed by atoms with Crippen LogP contribution in [0.5, 0.6) is 0 Å². The zero-order valence-electron chi connectivity index (χ0n) is 18.8. The lowest BCUT2D eigenvalue weighted by molar-refractivity contribution is 0.321. The first-order valence-corrected chi connectivity index (χ1v) is 13.1. The third-order valence-corrected chi connectivity index (χ3v) is 8.29. The van der Waals surface area contributed by atoms with Crippen LogP contribution in [0.1, 0.15) is 50.2 Å². The summed E-state index contributed by atoms with van der Waals surface area (Å²) in [5.74, 6) is 0.232. The highest BCUT2D eigenvalue weighted by Gasteiger charge is 2.28. The van der Waals surface area contributed by atoms with Crippen molar-refractivity contribution in [2.75, 3.05) is 25.4 Å². The molecular weight excluding hydrogens is 425 g/mol. The first-order chi connectivity index (χ1) is 15.4. The van der Waals surface area contributed by atoms with Crippen molar-refractivity contribution in [3.63, 3.8) is 0 Å². The number of piperidine rings is 1. The van der Waals surface area contributed by atoms with Crippen molar-refractivity contribution in [2.45, 2.75) is 45.6 Å². The zero-order chi connectivity index (χ0) is 22.7. The lowest BCUT2D eigenvalue weighted by atomic mass is 9.89. The molecule has 172 valence electrons. The van der Waals surface area contributed by atoms with E-state index in [1.54, 1.807) is 23.4 Å². The van der Waals surface area contributed by atoms with Crippen molar-refractivity contribution in [3.8, 4) is 11.1 Å². The summed E-state index contributed by atoms with van der Waals surface area (Å²) in [5, 5.41) is 4.47. The highest BCUT2D eigenvalue weighted by atomic mass is 32.2. The molecule has 0 radical (unpaired) electrons. The SMILES string of the molecule is CCCNCc1cc(F)cc(-c2ccc3[nH]cc(C4CCN(S(=O)(=O)CC)CC4)c3c2)c1. The topological polar surface area (TPSA) is 65.2 Å². The van der Waals surface area contributed by atoms with Crippen molar-refractivity contribution < 1.29 is 12.8 Å². The van der Waals surface area contributed by atoms with Gasteiger partial charge in [-0.1, -0.05) is 13.0 Å². The summed E-state index contributed by atoms with van der Waals surface area (Å²) < 4.78 is 40.3. The van der Waals surface area contributed by atoms with Crippen molar-refractivity contribution in [2.24, 2.45) is 0 Å². The summed E-state index contributed by atoms with van der Waals surface area (Å²) in [4.78, 5) is 3.36. The number of halogens is 1. The van der Waals surface area contributed by atoms with Crippen LogP contribution in [-0.2, 0) is 16.6 Å². The largest absolute Gasteiger partial charge is 0.361 e. The van der Waals surface area contributed by atoms with Gasteiger partial charge in [-0.2, -0.15) is 0 Å². The Morgan fingerprint density at radius 1 is 1.09 bits per heavy atom. The molecule has 1 aromatic heterocycles. The van der Waals surface area contributed by atoms with Crippen LogP contribution in [0.3, 0.4) is 0 Å². The van der Waals surface area contributed by atoms with E-state index >= 15 is 0 Å². The Balaban J connectivity index is 1.59. The highest BCUT2D eigenvalue weighted by molar-refractivity contribution is 7.89. The van der Waals surface area contributed by atoms with Crippen LogP contribution in [0.2, 0.25) is 0 Å². The first kappa shape index (κ1) is 23.0. The molecule has 1 aliphatic rings. The molecule has 3 aromatic rings. The number of aromatic nitrogens is 1. The Morgan fingerprint density at radius 2 is 1.88 bits per heavy atom. The first-order valence-electron chi connectivity index (χ1n) is 11.5. The van der Waals surface area contributed by atoms with Crippen molar-refractivity contribution >= 4 is 20.9 Å². The number of sulfonamides is 1. The summed E-state index contributed by atoms with van der Waals surface area (Å²) in [5.41, 5.74) is 5.06. The molecule has 0 spiro atoms. The van der Waals surface area contributed by atoms with Crippen LogP contribution >= 0.6 is 0 Å². The molecule has 2 aromatic carbocycles. The number of aromatic amines is 1. The van der Waals surface area contributed by atoms with E-state index in [9.17, 15) is 12.8 Å². The molecule has 1 aliphatic heterocycles. The lowest BCUT2D eigenvalue weighted by Crippen LogP contribution is -2.38. The maximum Gasteiger partial charge on any atom is 0.213 e. The van der Waals surface area contributed by atoms with E-state index in [2.05, 4.69) is 29.5 Å². The Kier molecular flexibility index (Phi) is 6.98. The molecule has 1 saturated heterocycles. The van der Waals surface area contributed by atoms with Gasteiger partial charge in [0, 0.05) is 36.7 Å². The van der Waals surface area contributed by atoms with Crippen LogP contribution in [0.15, 0.2) is 42.6 Å². The third kappa shape index (κ3) is 4.90. The van der Waals surface area contributed by atoms with Crippen LogP contribution < -0.4 is 5.32 Å². The van der Waals surface area contributed by atoms with Gasteiger partial charge in [-0.25, -0.2) is 17.1 Å². The number of fused-ring (bicyclic) bond motifs is 1. The monoisotopic (exact) mass is 457 g/mol. The van der Waals surface area contributed by atoms with E-state index in [0.717, 1.165) is 53.4 Å². The van der Waals surface area contributed by atoms with E-state index in [-0.39, 0.29) is 11.6 Å². The fourth-order valence-corrected chi connectivity index (χ4v) is 5.75. The van der Waals surface area contributed by atoms with Crippen molar-refractivity contribution in [1.82, 2.24) is 14.6 Å². The summed E-state index contributed by atoms with van der Waals surface area (Å²) >= 11 is 0. The summed E-state index contributed by atoms with van der Waals surface area (Å²) in [6.45, 7) is 6.48. The number of H-pyrrole nitrogens is 1. The molecule has 7 heteroatoms. The second kappa shape index (κ2) is 9.73. The second-order valence-corrected chi connectivity index (χ2v) is 10.9. The van der Waals surface area contributed by atoms with Crippen LogP contribution in [0.25, 0.3) is 22.0 Å². The minimum Gasteiger partial charge on any atom is -0.361 e. The van der Waals surface area contributed by atoms with Crippen LogP contribution in [-0.4, -0.2) is 43.1 Å². The van der Waals surface area contributed by atoms with E-state index in [4.69, 9.17) is 0 Å². The number of rotatable bonds is 8. The van der Waals surface area contributed by atoms with Gasteiger partial charge in [-0.15, -0.1) is 0 Å². The number of nitrogens with zero attached hydrogens (tertiary/aromatic N) is 1. The van der Waals surface area contributed by atoms with Crippen LogP contribution in [0, 0.1) is 5.82 Å². The molecule has 0 aliphatic carbocycles. The summed E-state index contributed by atoms with van der Waals surface area (Å²) in [6, 6.07) is 11.4. The van der Waals surface area contributed by atoms with Gasteiger partial charge in [0.05, 0.1) is 5.75 Å². The molecule has 5 nitrogen and oxygen atoms in total. The fraction of sp³-hybridized carbons (Fsp3) is 0.440. The van der Waals surface area contributed by atoms with Gasteiger partial charge in [0.2, 0.25) is 10.0 Å². The standard InChI is InChI=1S/C25H32FN3O2S/c1-3-9-27-16-18-12-21(14-22(26)13-18)20-5-6-25-23(15-20)24(17-28-25)19-7-10-29(11-8-19)32(30,31)4-2/h5-6,12-15,17,19,27-28H,3-4,7-11,16H2,1-2H3. The lowest BCUT2D eigenvalue weighted by Gasteiger charge is -2.30. The quantitative estimate of drug-likeness (QED) is 0.468. The van der Waals surface area contributed by atoms with Gasteiger partial charge >= 0.3 is 0 Å². The van der Waals surface area contributed by atoms with Crippen molar-refractivity contribution in [3.05, 3.63) is 59.5 Å². The number of nitrogens with one attached hydrogen (secondary N) is 2. The third-order valence-electron chi connectivity index (χ3n) is 6.41. The normalized spacial score (nSPS) is 16.1. The summed E-state index contributed by atoms with van der Waals surface area (Å²) in [6.07, 6.45) is 4.71. The summed E-state index contributed by atoms with van der Waals surface area (Å²) in [7, 11) is -3.13. The molecule has 0 bridgehead atoms. The molecule has 0 saturated carbocycles. The van der Waals surface area contributed by atoms with Gasteiger partial charge in [-0.3, -0.25) is 0 Å². The molecule has 4 rings (SSSR count). The molecule has 1 fully saturated rings. The predicted molar refractivity (Wildman–Crippen MR) is 129 cm³/mol. The molecular formula is C25H32FN3O2S. The van der Waals surface area contributed by atoms with E-state index in [1.165, 1.54) is 5.56 Å². The fourth-order valence-electron chi connectivity index (χ4n) is 4.62. The predicted octanol–water partition coefficient (Wildman–Crippen LogP) is 5.00. The molecule has 0 unspecified atom stereocenters. The number of benzene rings is 2. The minimum atomic E-state index is -3.13. The van der Waals surface area contributed by atoms with Gasteiger partial charge in [0.1, 0.15) is 5.82 Å². The Bertz CT molecular complexity index is 1180. The smallest absolute Gasteiger partial charge is 0.213 e. The number of hydrogen-bond acceptors (Lipinski definition) is 3. The highest BCUT2D eigenvalue weighted by Crippen LogP contribution is 2.36. The maximum atomic E-state index is 14.3. The Morgan fingerprint density at radius 3 is 2.59 bits per heavy atom. The maximum absolute atomic E-state index is 14.3. The average molecular weight is 458 g/mol. The molecule has 2 heterocycles. The minimum absolute atomic E-state index is 0.150. The molecule has 0 amide bonds.